The van der Waals surface area contributed by atoms with E-state index in [-0.39, 0.29) is 5.92 Å². The number of aliphatic carboxylic acids is 1. The van der Waals surface area contributed by atoms with Crippen LogP contribution in [-0.4, -0.2) is 29.1 Å². The number of hydrogen-bond acceptors (Lipinski definition) is 4. The summed E-state index contributed by atoms with van der Waals surface area (Å²) in [6.45, 7) is 2.15. The predicted molar refractivity (Wildman–Crippen MR) is 71.5 cm³/mol. The zero-order valence-electron chi connectivity index (χ0n) is 10.4. The number of carboxylic acids is 1. The van der Waals surface area contributed by atoms with Gasteiger partial charge in [0, 0.05) is 18.0 Å². The molecular formula is C13H18N2O2S. The predicted octanol–water partition coefficient (Wildman–Crippen LogP) is 2.64. The van der Waals surface area contributed by atoms with Gasteiger partial charge in [-0.05, 0) is 38.5 Å². The highest BCUT2D eigenvalue weighted by Crippen LogP contribution is 2.38. The van der Waals surface area contributed by atoms with Crippen LogP contribution in [-0.2, 0) is 11.2 Å². The minimum atomic E-state index is -0.716. The Kier molecular flexibility index (Phi) is 3.24. The molecule has 0 aromatic carbocycles. The molecule has 0 bridgehead atoms. The van der Waals surface area contributed by atoms with Crippen molar-refractivity contribution < 1.29 is 9.90 Å². The average Bonchev–Trinajstić information content (AvgIpc) is 2.83. The largest absolute Gasteiger partial charge is 0.481 e. The van der Waals surface area contributed by atoms with Crippen LogP contribution >= 0.6 is 11.3 Å². The molecule has 98 valence electrons. The third kappa shape index (κ3) is 2.11. The van der Waals surface area contributed by atoms with E-state index in [1.165, 1.54) is 24.1 Å². The van der Waals surface area contributed by atoms with Gasteiger partial charge in [-0.1, -0.05) is 0 Å². The number of fused-ring (bicyclic) bond motifs is 1. The van der Waals surface area contributed by atoms with Gasteiger partial charge in [-0.25, -0.2) is 4.98 Å². The minimum absolute atomic E-state index is 0.372. The Labute approximate surface area is 111 Å². The first-order chi connectivity index (χ1) is 8.75. The zero-order chi connectivity index (χ0) is 12.5. The van der Waals surface area contributed by atoms with Crippen LogP contribution in [0, 0.1) is 0 Å². The number of nitrogens with zero attached hydrogens (tertiary/aromatic N) is 2. The molecule has 0 spiro atoms. The lowest BCUT2D eigenvalue weighted by atomic mass is 9.91. The minimum Gasteiger partial charge on any atom is -0.481 e. The highest BCUT2D eigenvalue weighted by molar-refractivity contribution is 7.15. The summed E-state index contributed by atoms with van der Waals surface area (Å²) in [5, 5.41) is 10.3. The summed E-state index contributed by atoms with van der Waals surface area (Å²) in [5.41, 5.74) is 0.847. The van der Waals surface area contributed by atoms with Crippen molar-refractivity contribution in [1.29, 1.82) is 0 Å². The van der Waals surface area contributed by atoms with Crippen molar-refractivity contribution in [3.8, 4) is 0 Å². The summed E-state index contributed by atoms with van der Waals surface area (Å²) >= 11 is 1.71. The summed E-state index contributed by atoms with van der Waals surface area (Å²) in [4.78, 5) is 19.4. The number of carbonyl (C=O) groups is 1. The topological polar surface area (TPSA) is 53.4 Å². The molecule has 2 heterocycles. The van der Waals surface area contributed by atoms with Crippen LogP contribution in [0.2, 0.25) is 0 Å². The first-order valence-electron chi connectivity index (χ1n) is 6.73. The van der Waals surface area contributed by atoms with E-state index < -0.39 is 5.97 Å². The van der Waals surface area contributed by atoms with Crippen LogP contribution < -0.4 is 4.90 Å². The van der Waals surface area contributed by atoms with E-state index in [2.05, 4.69) is 9.88 Å². The Morgan fingerprint density at radius 3 is 2.78 bits per heavy atom. The summed E-state index contributed by atoms with van der Waals surface area (Å²) in [6, 6.07) is 0. The third-order valence-electron chi connectivity index (χ3n) is 3.87. The van der Waals surface area contributed by atoms with Crippen LogP contribution in [0.15, 0.2) is 0 Å². The molecular weight excluding hydrogens is 248 g/mol. The number of anilines is 1. The molecule has 5 heteroatoms. The molecule has 1 aromatic rings. The molecule has 0 radical (unpaired) electrons. The van der Waals surface area contributed by atoms with Gasteiger partial charge in [0.15, 0.2) is 5.13 Å². The normalized spacial score (nSPS) is 23.8. The molecule has 1 saturated heterocycles. The van der Waals surface area contributed by atoms with E-state index in [9.17, 15) is 9.90 Å². The summed E-state index contributed by atoms with van der Waals surface area (Å²) < 4.78 is 0. The number of hydrogen-bond donors (Lipinski definition) is 1. The molecule has 1 aromatic heterocycles. The van der Waals surface area contributed by atoms with Gasteiger partial charge >= 0.3 is 5.97 Å². The van der Waals surface area contributed by atoms with E-state index in [1.54, 1.807) is 11.3 Å². The lowest BCUT2D eigenvalue weighted by molar-refractivity contribution is -0.139. The smallest absolute Gasteiger partial charge is 0.312 e. The Hall–Kier alpha value is -1.10. The van der Waals surface area contributed by atoms with Crippen molar-refractivity contribution in [3.63, 3.8) is 0 Å². The average molecular weight is 266 g/mol. The fourth-order valence-corrected chi connectivity index (χ4v) is 4.08. The van der Waals surface area contributed by atoms with Gasteiger partial charge < -0.3 is 10.0 Å². The van der Waals surface area contributed by atoms with Gasteiger partial charge in [0.2, 0.25) is 0 Å². The molecule has 0 amide bonds. The fraction of sp³-hybridized carbons (Fsp3) is 0.692. The molecule has 4 nitrogen and oxygen atoms in total. The monoisotopic (exact) mass is 266 g/mol. The lowest BCUT2D eigenvalue weighted by Gasteiger charge is -2.25. The van der Waals surface area contributed by atoms with Crippen molar-refractivity contribution in [2.45, 2.75) is 44.4 Å². The Morgan fingerprint density at radius 2 is 2.06 bits per heavy atom. The number of thiazole rings is 1. The summed E-state index contributed by atoms with van der Waals surface area (Å²) in [5.74, 6) is -1.09. The molecule has 1 fully saturated rings. The van der Waals surface area contributed by atoms with Gasteiger partial charge in [0.1, 0.15) is 5.92 Å². The van der Waals surface area contributed by atoms with Gasteiger partial charge in [0.05, 0.1) is 5.69 Å². The maximum Gasteiger partial charge on any atom is 0.312 e. The number of piperidine rings is 1. The van der Waals surface area contributed by atoms with Gasteiger partial charge in [0.25, 0.3) is 0 Å². The molecule has 1 aliphatic carbocycles. The zero-order valence-corrected chi connectivity index (χ0v) is 11.2. The van der Waals surface area contributed by atoms with Crippen LogP contribution in [0.4, 0.5) is 5.13 Å². The Morgan fingerprint density at radius 1 is 1.28 bits per heavy atom. The van der Waals surface area contributed by atoms with Crippen molar-refractivity contribution >= 4 is 22.4 Å². The highest BCUT2D eigenvalue weighted by atomic mass is 32.1. The highest BCUT2D eigenvalue weighted by Gasteiger charge is 2.31. The van der Waals surface area contributed by atoms with Crippen LogP contribution in [0.3, 0.4) is 0 Å². The maximum atomic E-state index is 11.3. The molecule has 18 heavy (non-hydrogen) atoms. The van der Waals surface area contributed by atoms with Crippen molar-refractivity contribution in [3.05, 3.63) is 10.6 Å². The van der Waals surface area contributed by atoms with E-state index in [0.29, 0.717) is 0 Å². The van der Waals surface area contributed by atoms with Crippen molar-refractivity contribution in [2.75, 3.05) is 18.0 Å². The van der Waals surface area contributed by atoms with Crippen molar-refractivity contribution in [2.24, 2.45) is 0 Å². The Balaban J connectivity index is 1.88. The SMILES string of the molecule is O=C(O)C1CCCc2sc(N3CCCCC3)nc21. The quantitative estimate of drug-likeness (QED) is 0.894. The Bertz CT molecular complexity index is 452. The molecule has 1 unspecified atom stereocenters. The number of aromatic nitrogens is 1. The van der Waals surface area contributed by atoms with E-state index in [0.717, 1.165) is 43.2 Å². The van der Waals surface area contributed by atoms with E-state index in [1.807, 2.05) is 0 Å². The molecule has 2 aliphatic rings. The lowest BCUT2D eigenvalue weighted by Crippen LogP contribution is -2.29. The van der Waals surface area contributed by atoms with E-state index in [4.69, 9.17) is 0 Å². The van der Waals surface area contributed by atoms with E-state index >= 15 is 0 Å². The molecule has 1 atom stereocenters. The van der Waals surface area contributed by atoms with Crippen LogP contribution in [0.1, 0.15) is 48.6 Å². The van der Waals surface area contributed by atoms with Gasteiger partial charge in [-0.15, -0.1) is 11.3 Å². The molecule has 3 rings (SSSR count). The second-order valence-corrected chi connectivity index (χ2v) is 6.20. The van der Waals surface area contributed by atoms with Gasteiger partial charge in [-0.2, -0.15) is 0 Å². The number of rotatable bonds is 2. The maximum absolute atomic E-state index is 11.3. The number of carboxylic acid groups (broad SMARTS) is 1. The third-order valence-corrected chi connectivity index (χ3v) is 5.06. The molecule has 1 N–H and O–H groups in total. The summed E-state index contributed by atoms with van der Waals surface area (Å²) in [6.07, 6.45) is 6.49. The summed E-state index contributed by atoms with van der Waals surface area (Å²) in [7, 11) is 0. The standard InChI is InChI=1S/C13H18N2O2S/c16-12(17)9-5-4-6-10-11(9)14-13(18-10)15-7-2-1-3-8-15/h9H,1-8H2,(H,16,17). The first kappa shape index (κ1) is 12.0. The number of aryl methyl sites for hydroxylation is 1. The van der Waals surface area contributed by atoms with Crippen molar-refractivity contribution in [1.82, 2.24) is 4.98 Å². The second kappa shape index (κ2) is 4.88. The van der Waals surface area contributed by atoms with Crippen LogP contribution in [0.5, 0.6) is 0 Å². The molecule has 1 aliphatic heterocycles. The first-order valence-corrected chi connectivity index (χ1v) is 7.54. The fourth-order valence-electron chi connectivity index (χ4n) is 2.87. The van der Waals surface area contributed by atoms with Gasteiger partial charge in [-0.3, -0.25) is 4.79 Å². The molecule has 0 saturated carbocycles. The second-order valence-electron chi connectivity index (χ2n) is 5.14. The van der Waals surface area contributed by atoms with Crippen LogP contribution in [0.25, 0.3) is 0 Å².